The fourth-order valence-electron chi connectivity index (χ4n) is 1.21. The van der Waals surface area contributed by atoms with E-state index in [1.807, 2.05) is 0 Å². The van der Waals surface area contributed by atoms with E-state index in [1.54, 1.807) is 7.11 Å². The Morgan fingerprint density at radius 1 is 1.44 bits per heavy atom. The van der Waals surface area contributed by atoms with E-state index in [0.29, 0.717) is 0 Å². The van der Waals surface area contributed by atoms with Gasteiger partial charge in [0.05, 0.1) is 0 Å². The van der Waals surface area contributed by atoms with Gasteiger partial charge in [-0.1, -0.05) is 0 Å². The summed E-state index contributed by atoms with van der Waals surface area (Å²) in [5.41, 5.74) is 0. The molecule has 0 bridgehead atoms. The van der Waals surface area contributed by atoms with Crippen LogP contribution in [0.1, 0.15) is 12.8 Å². The van der Waals surface area contributed by atoms with E-state index in [1.165, 1.54) is 12.8 Å². The van der Waals surface area contributed by atoms with Crippen molar-refractivity contribution in [2.45, 2.75) is 12.8 Å². The fourth-order valence-corrected chi connectivity index (χ4v) is 1.21. The zero-order chi connectivity index (χ0) is 6.53. The number of hydrogen-bond donors (Lipinski definition) is 0. The Labute approximate surface area is 56.6 Å². The number of ether oxygens (including phenoxy) is 1. The topological polar surface area (TPSA) is 23.3 Å². The molecule has 0 amide bonds. The second kappa shape index (κ2) is 3.85. The minimum absolute atomic E-state index is 0.785. The number of piperidine rings is 1. The molecule has 1 saturated heterocycles. The molecule has 2 heteroatoms. The average Bonchev–Trinajstić information content (AvgIpc) is 1.91. The summed E-state index contributed by atoms with van der Waals surface area (Å²) in [4.78, 5) is 0. The third-order valence-electron chi connectivity index (χ3n) is 1.79. The van der Waals surface area contributed by atoms with Crippen molar-refractivity contribution in [2.24, 2.45) is 5.92 Å². The lowest BCUT2D eigenvalue weighted by Crippen LogP contribution is -2.24. The zero-order valence-electron chi connectivity index (χ0n) is 5.97. The lowest BCUT2D eigenvalue weighted by atomic mass is 10.00. The zero-order valence-corrected chi connectivity index (χ0v) is 5.97. The highest BCUT2D eigenvalue weighted by molar-refractivity contribution is 4.66. The Kier molecular flexibility index (Phi) is 3.01. The van der Waals surface area contributed by atoms with Crippen LogP contribution >= 0.6 is 0 Å². The third-order valence-corrected chi connectivity index (χ3v) is 1.79. The molecule has 1 rings (SSSR count). The lowest BCUT2D eigenvalue weighted by molar-refractivity contribution is 0.134. The summed E-state index contributed by atoms with van der Waals surface area (Å²) in [6.45, 7) is 3.03. The molecule has 0 N–H and O–H groups in total. The van der Waals surface area contributed by atoms with Crippen LogP contribution in [-0.2, 0) is 4.74 Å². The second-order valence-corrected chi connectivity index (χ2v) is 2.57. The van der Waals surface area contributed by atoms with E-state index in [9.17, 15) is 0 Å². The molecule has 2 nitrogen and oxygen atoms in total. The smallest absolute Gasteiger partial charge is 0.0491 e. The van der Waals surface area contributed by atoms with Gasteiger partial charge in [0.15, 0.2) is 0 Å². The standard InChI is InChI=1S/C7H14NO/c1-9-6-7-2-4-8-5-3-7/h7H,2-6H2,1H3. The quantitative estimate of drug-likeness (QED) is 0.535. The van der Waals surface area contributed by atoms with Crippen molar-refractivity contribution in [1.82, 2.24) is 5.32 Å². The number of rotatable bonds is 2. The molecule has 9 heavy (non-hydrogen) atoms. The van der Waals surface area contributed by atoms with Crippen molar-refractivity contribution in [3.05, 3.63) is 0 Å². The van der Waals surface area contributed by atoms with Crippen molar-refractivity contribution in [3.63, 3.8) is 0 Å². The maximum absolute atomic E-state index is 5.04. The molecular weight excluding hydrogens is 114 g/mol. The minimum Gasteiger partial charge on any atom is -0.384 e. The van der Waals surface area contributed by atoms with Crippen LogP contribution in [0.15, 0.2) is 0 Å². The average molecular weight is 128 g/mol. The minimum atomic E-state index is 0.785. The molecule has 1 fully saturated rings. The maximum atomic E-state index is 5.04. The van der Waals surface area contributed by atoms with Gasteiger partial charge in [0.2, 0.25) is 0 Å². The van der Waals surface area contributed by atoms with Crippen molar-refractivity contribution < 1.29 is 4.74 Å². The molecule has 0 saturated carbocycles. The first-order valence-electron chi connectivity index (χ1n) is 3.55. The van der Waals surface area contributed by atoms with E-state index in [4.69, 9.17) is 4.74 Å². The molecule has 0 aliphatic carbocycles. The van der Waals surface area contributed by atoms with E-state index >= 15 is 0 Å². The van der Waals surface area contributed by atoms with Gasteiger partial charge in [-0.2, -0.15) is 0 Å². The van der Waals surface area contributed by atoms with Crippen LogP contribution in [0.3, 0.4) is 0 Å². The third kappa shape index (κ3) is 2.33. The molecule has 53 valence electrons. The molecule has 1 radical (unpaired) electrons. The molecule has 0 aromatic heterocycles. The molecule has 1 aliphatic heterocycles. The van der Waals surface area contributed by atoms with Gasteiger partial charge in [-0.15, -0.1) is 0 Å². The highest BCUT2D eigenvalue weighted by atomic mass is 16.5. The summed E-state index contributed by atoms with van der Waals surface area (Å²) in [6.07, 6.45) is 2.46. The normalized spacial score (nSPS) is 22.3. The Balaban J connectivity index is 2.08. The first kappa shape index (κ1) is 7.03. The second-order valence-electron chi connectivity index (χ2n) is 2.57. The van der Waals surface area contributed by atoms with Gasteiger partial charge in [0.25, 0.3) is 0 Å². The molecular formula is C7H14NO. The molecule has 0 unspecified atom stereocenters. The van der Waals surface area contributed by atoms with Crippen molar-refractivity contribution in [1.29, 1.82) is 0 Å². The fraction of sp³-hybridized carbons (Fsp3) is 1.00. The summed E-state index contributed by atoms with van der Waals surface area (Å²) < 4.78 is 5.04. The Hall–Kier alpha value is -0.0800. The summed E-state index contributed by atoms with van der Waals surface area (Å²) in [7, 11) is 1.77. The van der Waals surface area contributed by atoms with Crippen LogP contribution in [0.2, 0.25) is 0 Å². The van der Waals surface area contributed by atoms with Crippen LogP contribution in [0, 0.1) is 5.92 Å². The van der Waals surface area contributed by atoms with Crippen LogP contribution in [0.25, 0.3) is 0 Å². The van der Waals surface area contributed by atoms with Crippen molar-refractivity contribution >= 4 is 0 Å². The van der Waals surface area contributed by atoms with Gasteiger partial charge in [-0.25, -0.2) is 5.32 Å². The van der Waals surface area contributed by atoms with Gasteiger partial charge in [0.1, 0.15) is 0 Å². The Bertz CT molecular complexity index is 66.6. The largest absolute Gasteiger partial charge is 0.384 e. The summed E-state index contributed by atoms with van der Waals surface area (Å²) >= 11 is 0. The summed E-state index contributed by atoms with van der Waals surface area (Å²) in [5.74, 6) is 0.785. The molecule has 0 aromatic rings. The molecule has 0 spiro atoms. The Morgan fingerprint density at radius 3 is 2.67 bits per heavy atom. The number of hydrogen-bond acceptors (Lipinski definition) is 1. The SMILES string of the molecule is COCC1CC[N]CC1. The van der Waals surface area contributed by atoms with Crippen LogP contribution < -0.4 is 5.32 Å². The van der Waals surface area contributed by atoms with E-state index in [0.717, 1.165) is 25.6 Å². The maximum Gasteiger partial charge on any atom is 0.0491 e. The van der Waals surface area contributed by atoms with Gasteiger partial charge < -0.3 is 4.74 Å². The van der Waals surface area contributed by atoms with Crippen LogP contribution in [0.4, 0.5) is 0 Å². The van der Waals surface area contributed by atoms with E-state index in [2.05, 4.69) is 5.32 Å². The van der Waals surface area contributed by atoms with Gasteiger partial charge in [0, 0.05) is 26.8 Å². The van der Waals surface area contributed by atoms with Crippen LogP contribution in [-0.4, -0.2) is 26.8 Å². The summed E-state index contributed by atoms with van der Waals surface area (Å²) in [6, 6.07) is 0. The monoisotopic (exact) mass is 128 g/mol. The van der Waals surface area contributed by atoms with Crippen molar-refractivity contribution in [2.75, 3.05) is 26.8 Å². The van der Waals surface area contributed by atoms with E-state index in [-0.39, 0.29) is 0 Å². The summed E-state index contributed by atoms with van der Waals surface area (Å²) in [5, 5.41) is 4.25. The van der Waals surface area contributed by atoms with Gasteiger partial charge in [-0.3, -0.25) is 0 Å². The molecule has 1 heterocycles. The van der Waals surface area contributed by atoms with Gasteiger partial charge >= 0.3 is 0 Å². The van der Waals surface area contributed by atoms with Gasteiger partial charge in [-0.05, 0) is 18.8 Å². The lowest BCUT2D eigenvalue weighted by Gasteiger charge is -2.19. The molecule has 1 aliphatic rings. The number of methoxy groups -OCH3 is 1. The van der Waals surface area contributed by atoms with Crippen LogP contribution in [0.5, 0.6) is 0 Å². The highest BCUT2D eigenvalue weighted by Gasteiger charge is 2.12. The predicted octanol–water partition coefficient (Wildman–Crippen LogP) is 0.647. The number of nitrogens with zero attached hydrogens (tertiary/aromatic N) is 1. The first-order chi connectivity index (χ1) is 4.43. The molecule has 0 atom stereocenters. The molecule has 0 aromatic carbocycles. The predicted molar refractivity (Wildman–Crippen MR) is 36.5 cm³/mol. The highest BCUT2D eigenvalue weighted by Crippen LogP contribution is 2.11. The van der Waals surface area contributed by atoms with Crippen molar-refractivity contribution in [3.8, 4) is 0 Å². The van der Waals surface area contributed by atoms with E-state index < -0.39 is 0 Å². The Morgan fingerprint density at radius 2 is 2.11 bits per heavy atom. The first-order valence-corrected chi connectivity index (χ1v) is 3.55.